The fraction of sp³-hybridized carbons (Fsp3) is 0.536. The Hall–Kier alpha value is -2.81. The normalized spacial score (nSPS) is 18.8. The number of aliphatic hydroxyl groups excluding tert-OH is 1. The number of hydrogen-bond acceptors (Lipinski definition) is 8. The van der Waals surface area contributed by atoms with Crippen molar-refractivity contribution >= 4 is 0 Å². The fourth-order valence-corrected chi connectivity index (χ4v) is 5.13. The summed E-state index contributed by atoms with van der Waals surface area (Å²) >= 11 is 0. The van der Waals surface area contributed by atoms with Gasteiger partial charge < -0.3 is 24.4 Å². The van der Waals surface area contributed by atoms with Gasteiger partial charge in [-0.3, -0.25) is 0 Å². The Labute approximate surface area is 213 Å². The maximum absolute atomic E-state index is 10.0. The molecule has 0 aliphatic heterocycles. The lowest BCUT2D eigenvalue weighted by molar-refractivity contribution is 0.0235. The average molecular weight is 495 g/mol. The Bertz CT molecular complexity index is 1140. The molecule has 8 nitrogen and oxygen atoms in total. The topological polar surface area (TPSA) is 103 Å². The van der Waals surface area contributed by atoms with Crippen molar-refractivity contribution in [1.29, 1.82) is 0 Å². The standard InChI is InChI=1S/C28H38N4O4/c1-17-24(14-20-9-6-7-12-25(20)34-5)30-28(31-27(17)26-18(2)32-36-19(26)3)21-10-8-11-23(13-21)35-16-22(33)15-29-4/h8,10-11,13,20,22,25,29,33H,6-7,9,12,14-16H2,1-5H3/t20-,22?,25-/m0/s1. The molecule has 1 saturated carbocycles. The van der Waals surface area contributed by atoms with Crippen LogP contribution in [0.15, 0.2) is 28.8 Å². The molecule has 0 amide bonds. The van der Waals surface area contributed by atoms with Crippen molar-refractivity contribution < 1.29 is 19.1 Å². The maximum atomic E-state index is 10.0. The van der Waals surface area contributed by atoms with Crippen molar-refractivity contribution in [3.63, 3.8) is 0 Å². The monoisotopic (exact) mass is 494 g/mol. The summed E-state index contributed by atoms with van der Waals surface area (Å²) in [6.45, 7) is 6.62. The van der Waals surface area contributed by atoms with Crippen LogP contribution in [-0.2, 0) is 11.2 Å². The van der Waals surface area contributed by atoms with Gasteiger partial charge in [0.2, 0.25) is 0 Å². The van der Waals surface area contributed by atoms with E-state index in [1.54, 1.807) is 7.05 Å². The Morgan fingerprint density at radius 3 is 2.69 bits per heavy atom. The minimum Gasteiger partial charge on any atom is -0.491 e. The number of nitrogens with zero attached hydrogens (tertiary/aromatic N) is 3. The van der Waals surface area contributed by atoms with Crippen molar-refractivity contribution in [2.45, 2.75) is 65.1 Å². The van der Waals surface area contributed by atoms with Crippen molar-refractivity contribution in [1.82, 2.24) is 20.4 Å². The van der Waals surface area contributed by atoms with Gasteiger partial charge in [-0.15, -0.1) is 0 Å². The molecule has 0 bridgehead atoms. The van der Waals surface area contributed by atoms with Crippen molar-refractivity contribution in [2.75, 3.05) is 27.3 Å². The summed E-state index contributed by atoms with van der Waals surface area (Å²) in [6.07, 6.45) is 5.16. The van der Waals surface area contributed by atoms with E-state index in [2.05, 4.69) is 17.4 Å². The first-order valence-electron chi connectivity index (χ1n) is 12.8. The Kier molecular flexibility index (Phi) is 8.72. The van der Waals surface area contributed by atoms with E-state index in [1.807, 2.05) is 45.2 Å². The lowest BCUT2D eigenvalue weighted by Crippen LogP contribution is -2.29. The lowest BCUT2D eigenvalue weighted by atomic mass is 9.82. The highest BCUT2D eigenvalue weighted by molar-refractivity contribution is 5.71. The minimum atomic E-state index is -0.587. The summed E-state index contributed by atoms with van der Waals surface area (Å²) in [5, 5.41) is 17.1. The number of nitrogens with one attached hydrogen (secondary N) is 1. The van der Waals surface area contributed by atoms with Gasteiger partial charge in [0.25, 0.3) is 0 Å². The van der Waals surface area contributed by atoms with E-state index >= 15 is 0 Å². The van der Waals surface area contributed by atoms with Crippen LogP contribution in [0.25, 0.3) is 22.6 Å². The number of aromatic nitrogens is 3. The minimum absolute atomic E-state index is 0.203. The van der Waals surface area contributed by atoms with Crippen LogP contribution >= 0.6 is 0 Å². The quantitative estimate of drug-likeness (QED) is 0.427. The molecule has 1 unspecified atom stereocenters. The molecule has 1 aliphatic rings. The summed E-state index contributed by atoms with van der Waals surface area (Å²) in [6, 6.07) is 7.72. The van der Waals surface area contributed by atoms with Crippen LogP contribution in [0.5, 0.6) is 5.75 Å². The average Bonchev–Trinajstić information content (AvgIpc) is 3.22. The van der Waals surface area contributed by atoms with Crippen LogP contribution in [0, 0.1) is 26.7 Å². The van der Waals surface area contributed by atoms with Gasteiger partial charge >= 0.3 is 0 Å². The number of methoxy groups -OCH3 is 1. The number of aryl methyl sites for hydroxylation is 2. The molecule has 1 fully saturated rings. The highest BCUT2D eigenvalue weighted by Gasteiger charge is 2.28. The van der Waals surface area contributed by atoms with Gasteiger partial charge in [-0.2, -0.15) is 0 Å². The van der Waals surface area contributed by atoms with Crippen LogP contribution in [-0.4, -0.2) is 59.7 Å². The van der Waals surface area contributed by atoms with Crippen LogP contribution in [0.4, 0.5) is 0 Å². The number of likely N-dealkylation sites (N-methyl/N-ethyl adjacent to an activating group) is 1. The molecule has 36 heavy (non-hydrogen) atoms. The van der Waals surface area contributed by atoms with Crippen LogP contribution in [0.3, 0.4) is 0 Å². The summed E-state index contributed by atoms with van der Waals surface area (Å²) in [5.74, 6) is 2.47. The van der Waals surface area contributed by atoms with Crippen LogP contribution < -0.4 is 10.1 Å². The third-order valence-corrected chi connectivity index (χ3v) is 7.09. The van der Waals surface area contributed by atoms with Gasteiger partial charge in [0.15, 0.2) is 5.82 Å². The molecule has 2 aromatic heterocycles. The van der Waals surface area contributed by atoms with Gasteiger partial charge in [0.1, 0.15) is 24.2 Å². The molecular formula is C28H38N4O4. The van der Waals surface area contributed by atoms with E-state index in [0.717, 1.165) is 58.8 Å². The number of hydrogen-bond donors (Lipinski definition) is 2. The van der Waals surface area contributed by atoms with E-state index < -0.39 is 6.10 Å². The molecule has 0 spiro atoms. The number of ether oxygens (including phenoxy) is 2. The second-order valence-electron chi connectivity index (χ2n) is 9.74. The van der Waals surface area contributed by atoms with Gasteiger partial charge in [-0.05, 0) is 70.7 Å². The summed E-state index contributed by atoms with van der Waals surface area (Å²) < 4.78 is 17.2. The molecule has 3 aromatic rings. The smallest absolute Gasteiger partial charge is 0.160 e. The van der Waals surface area contributed by atoms with E-state index in [4.69, 9.17) is 24.0 Å². The van der Waals surface area contributed by atoms with E-state index in [0.29, 0.717) is 24.0 Å². The number of aliphatic hydroxyl groups is 1. The molecule has 4 rings (SSSR count). The molecule has 194 valence electrons. The van der Waals surface area contributed by atoms with Gasteiger partial charge in [-0.25, -0.2) is 9.97 Å². The number of benzene rings is 1. The zero-order valence-electron chi connectivity index (χ0n) is 22.0. The third-order valence-electron chi connectivity index (χ3n) is 7.09. The predicted molar refractivity (Wildman–Crippen MR) is 139 cm³/mol. The molecule has 1 aromatic carbocycles. The zero-order valence-corrected chi connectivity index (χ0v) is 22.0. The zero-order chi connectivity index (χ0) is 25.7. The summed E-state index contributed by atoms with van der Waals surface area (Å²) in [5.41, 5.74) is 5.53. The Morgan fingerprint density at radius 2 is 1.97 bits per heavy atom. The first kappa shape index (κ1) is 26.3. The summed E-state index contributed by atoms with van der Waals surface area (Å²) in [4.78, 5) is 10.1. The van der Waals surface area contributed by atoms with Crippen molar-refractivity contribution in [3.8, 4) is 28.4 Å². The SMILES string of the molecule is CNCC(O)COc1cccc(-c2nc(C[C@@H]3CCCC[C@@H]3OC)c(C)c(-c3c(C)noc3C)n2)c1. The van der Waals surface area contributed by atoms with E-state index in [9.17, 15) is 5.11 Å². The first-order valence-corrected chi connectivity index (χ1v) is 12.8. The first-order chi connectivity index (χ1) is 17.4. The highest BCUT2D eigenvalue weighted by atomic mass is 16.5. The molecule has 8 heteroatoms. The maximum Gasteiger partial charge on any atom is 0.160 e. The van der Waals surface area contributed by atoms with Gasteiger partial charge in [-0.1, -0.05) is 30.1 Å². The van der Waals surface area contributed by atoms with Crippen LogP contribution in [0.1, 0.15) is 48.4 Å². The predicted octanol–water partition coefficient (Wildman–Crippen LogP) is 4.43. The molecule has 1 aliphatic carbocycles. The van der Waals surface area contributed by atoms with Crippen molar-refractivity contribution in [2.24, 2.45) is 5.92 Å². The Balaban J connectivity index is 1.73. The lowest BCUT2D eigenvalue weighted by Gasteiger charge is -2.30. The van der Waals surface area contributed by atoms with E-state index in [-0.39, 0.29) is 12.7 Å². The fourth-order valence-electron chi connectivity index (χ4n) is 5.13. The van der Waals surface area contributed by atoms with Crippen LogP contribution in [0.2, 0.25) is 0 Å². The van der Waals surface area contributed by atoms with Gasteiger partial charge in [0, 0.05) is 24.9 Å². The molecule has 0 radical (unpaired) electrons. The second-order valence-corrected chi connectivity index (χ2v) is 9.74. The molecule has 0 saturated heterocycles. The van der Waals surface area contributed by atoms with Gasteiger partial charge in [0.05, 0.1) is 23.1 Å². The largest absolute Gasteiger partial charge is 0.491 e. The molecule has 2 heterocycles. The summed E-state index contributed by atoms with van der Waals surface area (Å²) in [7, 11) is 3.62. The molecular weight excluding hydrogens is 456 g/mol. The molecule has 2 N–H and O–H groups in total. The molecule has 3 atom stereocenters. The van der Waals surface area contributed by atoms with E-state index in [1.165, 1.54) is 12.8 Å². The highest BCUT2D eigenvalue weighted by Crippen LogP contribution is 2.35. The Morgan fingerprint density at radius 1 is 1.17 bits per heavy atom. The second kappa shape index (κ2) is 12.0. The third kappa shape index (κ3) is 5.94. The number of rotatable bonds is 10. The van der Waals surface area contributed by atoms with Crippen molar-refractivity contribution in [3.05, 3.63) is 47.0 Å².